The fraction of sp³-hybridized carbons (Fsp3) is 0.348. The molecule has 2 aromatic rings. The van der Waals surface area contributed by atoms with Crippen molar-refractivity contribution < 1.29 is 14.4 Å². The Balaban J connectivity index is 0.00000256. The van der Waals surface area contributed by atoms with Crippen LogP contribution in [0.2, 0.25) is 0 Å². The molecule has 1 N–H and O–H groups in total. The largest absolute Gasteiger partial charge is 0.352 e. The molecule has 6 nitrogen and oxygen atoms in total. The third kappa shape index (κ3) is 4.40. The monoisotopic (exact) mass is 427 g/mol. The van der Waals surface area contributed by atoms with E-state index in [0.717, 1.165) is 31.6 Å². The molecule has 2 heterocycles. The second kappa shape index (κ2) is 9.41. The zero-order valence-corrected chi connectivity index (χ0v) is 17.8. The van der Waals surface area contributed by atoms with Gasteiger partial charge in [0.15, 0.2) is 0 Å². The maximum absolute atomic E-state index is 12.9. The Morgan fingerprint density at radius 3 is 2.47 bits per heavy atom. The first-order chi connectivity index (χ1) is 14.0. The molecule has 7 heteroatoms. The highest BCUT2D eigenvalue weighted by atomic mass is 35.5. The van der Waals surface area contributed by atoms with Gasteiger partial charge in [-0.05, 0) is 81.7 Å². The smallest absolute Gasteiger partial charge is 0.266 e. The number of anilines is 1. The number of rotatable bonds is 6. The summed E-state index contributed by atoms with van der Waals surface area (Å²) >= 11 is 0. The highest BCUT2D eigenvalue weighted by Gasteiger charge is 2.37. The van der Waals surface area contributed by atoms with Gasteiger partial charge in [-0.2, -0.15) is 0 Å². The van der Waals surface area contributed by atoms with Gasteiger partial charge in [-0.3, -0.25) is 14.4 Å². The SMILES string of the molecule is Cc1cccc(N2C(=O)c3ccc(C(=O)NCCCN4CCCC4)cc3C2=O)c1.Cl. The number of halogens is 1. The van der Waals surface area contributed by atoms with E-state index in [4.69, 9.17) is 0 Å². The number of fused-ring (bicyclic) bond motifs is 1. The van der Waals surface area contributed by atoms with E-state index in [9.17, 15) is 14.4 Å². The summed E-state index contributed by atoms with van der Waals surface area (Å²) in [6.07, 6.45) is 3.41. The standard InChI is InChI=1S/C23H25N3O3.ClH/c1-16-6-4-7-18(14-16)26-22(28)19-9-8-17(15-20(19)23(26)29)21(27)24-10-5-13-25-11-2-3-12-25;/h4,6-9,14-15H,2-3,5,10-13H2,1H3,(H,24,27);1H. The number of hydrogen-bond donors (Lipinski definition) is 1. The molecule has 0 unspecified atom stereocenters. The molecule has 1 fully saturated rings. The molecule has 0 radical (unpaired) electrons. The third-order valence-electron chi connectivity index (χ3n) is 5.54. The Labute approximate surface area is 182 Å². The van der Waals surface area contributed by atoms with Crippen molar-refractivity contribution in [1.29, 1.82) is 0 Å². The van der Waals surface area contributed by atoms with Crippen LogP contribution in [0.5, 0.6) is 0 Å². The summed E-state index contributed by atoms with van der Waals surface area (Å²) in [5.41, 5.74) is 2.53. The molecule has 158 valence electrons. The van der Waals surface area contributed by atoms with Crippen LogP contribution < -0.4 is 10.2 Å². The lowest BCUT2D eigenvalue weighted by atomic mass is 10.1. The molecule has 0 aromatic heterocycles. The van der Waals surface area contributed by atoms with Gasteiger partial charge < -0.3 is 10.2 Å². The highest BCUT2D eigenvalue weighted by Crippen LogP contribution is 2.29. The van der Waals surface area contributed by atoms with Crippen molar-refractivity contribution in [3.05, 3.63) is 64.7 Å². The minimum absolute atomic E-state index is 0. The van der Waals surface area contributed by atoms with Crippen LogP contribution in [0.4, 0.5) is 5.69 Å². The summed E-state index contributed by atoms with van der Waals surface area (Å²) in [5.74, 6) is -0.962. The van der Waals surface area contributed by atoms with Crippen molar-refractivity contribution in [2.45, 2.75) is 26.2 Å². The quantitative estimate of drug-likeness (QED) is 0.566. The van der Waals surface area contributed by atoms with Crippen molar-refractivity contribution in [2.24, 2.45) is 0 Å². The fourth-order valence-electron chi connectivity index (χ4n) is 4.00. The van der Waals surface area contributed by atoms with Gasteiger partial charge in [0, 0.05) is 12.1 Å². The van der Waals surface area contributed by atoms with Gasteiger partial charge in [0.1, 0.15) is 0 Å². The highest BCUT2D eigenvalue weighted by molar-refractivity contribution is 6.34. The molecule has 0 atom stereocenters. The maximum Gasteiger partial charge on any atom is 0.266 e. The summed E-state index contributed by atoms with van der Waals surface area (Å²) in [4.78, 5) is 41.7. The number of aryl methyl sites for hydroxylation is 1. The van der Waals surface area contributed by atoms with E-state index in [1.54, 1.807) is 24.3 Å². The van der Waals surface area contributed by atoms with Crippen molar-refractivity contribution in [3.8, 4) is 0 Å². The molecule has 2 aliphatic heterocycles. The Bertz CT molecular complexity index is 970. The van der Waals surface area contributed by atoms with E-state index in [-0.39, 0.29) is 35.7 Å². The molecular weight excluding hydrogens is 402 g/mol. The Morgan fingerprint density at radius 1 is 1.00 bits per heavy atom. The Kier molecular flexibility index (Phi) is 6.90. The van der Waals surface area contributed by atoms with Crippen LogP contribution in [0.3, 0.4) is 0 Å². The van der Waals surface area contributed by atoms with Gasteiger partial charge in [0.2, 0.25) is 0 Å². The van der Waals surface area contributed by atoms with Gasteiger partial charge >= 0.3 is 0 Å². The topological polar surface area (TPSA) is 69.7 Å². The van der Waals surface area contributed by atoms with Gasteiger partial charge in [-0.15, -0.1) is 12.4 Å². The molecule has 3 amide bonds. The van der Waals surface area contributed by atoms with Crippen LogP contribution in [0.15, 0.2) is 42.5 Å². The van der Waals surface area contributed by atoms with E-state index in [1.165, 1.54) is 23.8 Å². The molecule has 4 rings (SSSR count). The minimum atomic E-state index is -0.390. The van der Waals surface area contributed by atoms with E-state index >= 15 is 0 Å². The number of benzene rings is 2. The third-order valence-corrected chi connectivity index (χ3v) is 5.54. The van der Waals surface area contributed by atoms with Crippen LogP contribution in [0.25, 0.3) is 0 Å². The van der Waals surface area contributed by atoms with Crippen molar-refractivity contribution in [1.82, 2.24) is 10.2 Å². The lowest BCUT2D eigenvalue weighted by Gasteiger charge is -2.14. The Hall–Kier alpha value is -2.70. The number of likely N-dealkylation sites (tertiary alicyclic amines) is 1. The van der Waals surface area contributed by atoms with Gasteiger partial charge in [0.05, 0.1) is 16.8 Å². The van der Waals surface area contributed by atoms with Crippen molar-refractivity contribution in [3.63, 3.8) is 0 Å². The molecule has 0 saturated carbocycles. The van der Waals surface area contributed by atoms with E-state index in [0.29, 0.717) is 23.4 Å². The summed E-state index contributed by atoms with van der Waals surface area (Å²) in [7, 11) is 0. The van der Waals surface area contributed by atoms with Gasteiger partial charge in [-0.1, -0.05) is 12.1 Å². The molecule has 0 aliphatic carbocycles. The normalized spacial score (nSPS) is 15.8. The fourth-order valence-corrected chi connectivity index (χ4v) is 4.00. The second-order valence-corrected chi connectivity index (χ2v) is 7.70. The molecule has 1 saturated heterocycles. The van der Waals surface area contributed by atoms with E-state index < -0.39 is 0 Å². The number of carbonyl (C=O) groups excluding carboxylic acids is 3. The number of nitrogens with zero attached hydrogens (tertiary/aromatic N) is 2. The zero-order valence-electron chi connectivity index (χ0n) is 17.0. The lowest BCUT2D eigenvalue weighted by molar-refractivity contribution is 0.0923. The number of amides is 3. The maximum atomic E-state index is 12.9. The van der Waals surface area contributed by atoms with E-state index in [1.807, 2.05) is 19.1 Å². The molecule has 30 heavy (non-hydrogen) atoms. The van der Waals surface area contributed by atoms with Crippen LogP contribution in [-0.4, -0.2) is 48.8 Å². The summed E-state index contributed by atoms with van der Waals surface area (Å²) < 4.78 is 0. The van der Waals surface area contributed by atoms with Crippen molar-refractivity contribution >= 4 is 35.8 Å². The molecule has 0 bridgehead atoms. The first kappa shape index (κ1) is 22.0. The van der Waals surface area contributed by atoms with Crippen LogP contribution >= 0.6 is 12.4 Å². The predicted octanol–water partition coefficient (Wildman–Crippen LogP) is 3.43. The summed E-state index contributed by atoms with van der Waals surface area (Å²) in [6.45, 7) is 5.78. The minimum Gasteiger partial charge on any atom is -0.352 e. The predicted molar refractivity (Wildman–Crippen MR) is 119 cm³/mol. The second-order valence-electron chi connectivity index (χ2n) is 7.70. The van der Waals surface area contributed by atoms with Crippen LogP contribution in [0.1, 0.15) is 55.9 Å². The molecular formula is C23H26ClN3O3. The number of carbonyl (C=O) groups is 3. The first-order valence-corrected chi connectivity index (χ1v) is 10.1. The summed E-state index contributed by atoms with van der Waals surface area (Å²) in [6, 6.07) is 12.0. The Morgan fingerprint density at radius 2 is 1.73 bits per heavy atom. The number of imide groups is 1. The van der Waals surface area contributed by atoms with Crippen molar-refractivity contribution in [2.75, 3.05) is 31.1 Å². The average Bonchev–Trinajstić information content (AvgIpc) is 3.32. The molecule has 0 spiro atoms. The lowest BCUT2D eigenvalue weighted by Crippen LogP contribution is -2.29. The zero-order chi connectivity index (χ0) is 20.4. The van der Waals surface area contributed by atoms with Gasteiger partial charge in [0.25, 0.3) is 17.7 Å². The number of hydrogen-bond acceptors (Lipinski definition) is 4. The first-order valence-electron chi connectivity index (χ1n) is 10.1. The van der Waals surface area contributed by atoms with Crippen LogP contribution in [0, 0.1) is 6.92 Å². The van der Waals surface area contributed by atoms with Crippen LogP contribution in [-0.2, 0) is 0 Å². The molecule has 2 aliphatic rings. The average molecular weight is 428 g/mol. The molecule has 2 aromatic carbocycles. The van der Waals surface area contributed by atoms with E-state index in [2.05, 4.69) is 10.2 Å². The van der Waals surface area contributed by atoms with Gasteiger partial charge in [-0.25, -0.2) is 4.90 Å². The summed E-state index contributed by atoms with van der Waals surface area (Å²) in [5, 5.41) is 2.92. The number of nitrogens with one attached hydrogen (secondary N) is 1.